The Morgan fingerprint density at radius 3 is 2.43 bits per heavy atom. The quantitative estimate of drug-likeness (QED) is 0.440. The second-order valence-corrected chi connectivity index (χ2v) is 10.0. The first-order chi connectivity index (χ1) is 18.1. The van der Waals surface area contributed by atoms with Crippen molar-refractivity contribution in [3.8, 4) is 11.1 Å². The number of nitrogens with two attached hydrogens (primary N) is 1. The van der Waals surface area contributed by atoms with Crippen LogP contribution in [0.5, 0.6) is 0 Å². The summed E-state index contributed by atoms with van der Waals surface area (Å²) < 4.78 is 15.6. The summed E-state index contributed by atoms with van der Waals surface area (Å²) in [5.41, 5.74) is 12.1. The van der Waals surface area contributed by atoms with Gasteiger partial charge < -0.3 is 16.4 Å². The van der Waals surface area contributed by atoms with E-state index in [2.05, 4.69) is 63.6 Å². The van der Waals surface area contributed by atoms with Gasteiger partial charge in [-0.2, -0.15) is 0 Å². The first kappa shape index (κ1) is 23.3. The summed E-state index contributed by atoms with van der Waals surface area (Å²) >= 11 is 0. The maximum Gasteiger partial charge on any atom is 0.345 e. The SMILES string of the molecule is CN1C/C(=C(/NCc2ccc(-c3ccc(F)cc3)cc2)Nc2ccccc2)C(N)=[N+]2C1=N[C@@H]1CCC[C@@H]12. The number of hydrogen-bond acceptors (Lipinski definition) is 5. The molecule has 4 N–H and O–H groups in total. The molecule has 0 amide bonds. The van der Waals surface area contributed by atoms with E-state index in [0.717, 1.165) is 58.4 Å². The van der Waals surface area contributed by atoms with Gasteiger partial charge in [0, 0.05) is 19.3 Å². The molecular weight excluding hydrogens is 463 g/mol. The van der Waals surface area contributed by atoms with Crippen molar-refractivity contribution in [1.82, 2.24) is 10.2 Å². The van der Waals surface area contributed by atoms with Crippen molar-refractivity contribution in [2.45, 2.75) is 37.9 Å². The van der Waals surface area contributed by atoms with E-state index in [1.165, 1.54) is 18.6 Å². The van der Waals surface area contributed by atoms with Crippen LogP contribution in [0.1, 0.15) is 24.8 Å². The van der Waals surface area contributed by atoms with Crippen molar-refractivity contribution in [3.63, 3.8) is 0 Å². The van der Waals surface area contributed by atoms with Crippen LogP contribution in [-0.4, -0.2) is 46.9 Å². The van der Waals surface area contributed by atoms with Crippen molar-refractivity contribution in [1.29, 1.82) is 0 Å². The highest BCUT2D eigenvalue weighted by atomic mass is 19.1. The van der Waals surface area contributed by atoms with E-state index >= 15 is 0 Å². The van der Waals surface area contributed by atoms with Crippen molar-refractivity contribution in [2.24, 2.45) is 10.7 Å². The first-order valence-corrected chi connectivity index (χ1v) is 12.9. The van der Waals surface area contributed by atoms with Crippen molar-refractivity contribution in [2.75, 3.05) is 18.9 Å². The van der Waals surface area contributed by atoms with Crippen LogP contribution in [0.4, 0.5) is 10.1 Å². The number of hydrogen-bond donors (Lipinski definition) is 3. The number of halogens is 1. The molecule has 0 aromatic heterocycles. The van der Waals surface area contributed by atoms with Gasteiger partial charge in [-0.3, -0.25) is 4.90 Å². The third-order valence-corrected chi connectivity index (χ3v) is 7.52. The van der Waals surface area contributed by atoms with Crippen LogP contribution >= 0.6 is 0 Å². The van der Waals surface area contributed by atoms with E-state index in [1.54, 1.807) is 12.1 Å². The molecule has 3 aromatic carbocycles. The van der Waals surface area contributed by atoms with Crippen LogP contribution in [0.25, 0.3) is 11.1 Å². The van der Waals surface area contributed by atoms with Crippen LogP contribution in [0.2, 0.25) is 0 Å². The number of guanidine groups is 1. The van der Waals surface area contributed by atoms with E-state index in [4.69, 9.17) is 10.7 Å². The van der Waals surface area contributed by atoms with E-state index in [-0.39, 0.29) is 5.82 Å². The highest BCUT2D eigenvalue weighted by molar-refractivity contribution is 6.01. The first-order valence-electron chi connectivity index (χ1n) is 12.9. The molecule has 1 saturated carbocycles. The number of likely N-dealkylation sites (N-methyl/N-ethyl adjacent to an activating group) is 1. The molecule has 3 aliphatic rings. The number of aliphatic imine (C=N–C) groups is 1. The third-order valence-electron chi connectivity index (χ3n) is 7.52. The number of nitrogens with zero attached hydrogens (tertiary/aromatic N) is 3. The molecule has 2 aliphatic heterocycles. The van der Waals surface area contributed by atoms with Gasteiger partial charge in [-0.05, 0) is 60.2 Å². The number of anilines is 1. The van der Waals surface area contributed by atoms with Gasteiger partial charge in [-0.15, -0.1) is 4.99 Å². The summed E-state index contributed by atoms with van der Waals surface area (Å²) in [6.07, 6.45) is 3.45. The van der Waals surface area contributed by atoms with Crippen LogP contribution in [0.3, 0.4) is 0 Å². The Labute approximate surface area is 217 Å². The minimum atomic E-state index is -0.226. The number of para-hydroxylation sites is 1. The smallest absolute Gasteiger partial charge is 0.345 e. The lowest BCUT2D eigenvalue weighted by molar-refractivity contribution is -0.456. The van der Waals surface area contributed by atoms with E-state index in [0.29, 0.717) is 25.2 Å². The molecule has 37 heavy (non-hydrogen) atoms. The van der Waals surface area contributed by atoms with Gasteiger partial charge in [-0.25, -0.2) is 8.97 Å². The molecular formula is C30H32FN6+. The number of rotatable bonds is 6. The molecule has 0 bridgehead atoms. The Morgan fingerprint density at radius 2 is 1.70 bits per heavy atom. The zero-order valence-electron chi connectivity index (χ0n) is 21.0. The van der Waals surface area contributed by atoms with Crippen LogP contribution in [-0.2, 0) is 6.54 Å². The van der Waals surface area contributed by atoms with E-state index < -0.39 is 0 Å². The second-order valence-electron chi connectivity index (χ2n) is 10.0. The molecule has 188 valence electrons. The average molecular weight is 496 g/mol. The zero-order chi connectivity index (χ0) is 25.4. The molecule has 0 unspecified atom stereocenters. The molecule has 0 spiro atoms. The largest absolute Gasteiger partial charge is 0.367 e. The summed E-state index contributed by atoms with van der Waals surface area (Å²) in [6.45, 7) is 1.30. The van der Waals surface area contributed by atoms with Crippen LogP contribution < -0.4 is 16.4 Å². The molecule has 7 heteroatoms. The molecule has 1 aliphatic carbocycles. The minimum Gasteiger partial charge on any atom is -0.367 e. The molecule has 1 fully saturated rings. The summed E-state index contributed by atoms with van der Waals surface area (Å²) in [5.74, 6) is 2.45. The fraction of sp³-hybridized carbons (Fsp3) is 0.267. The topological polar surface area (TPSA) is 68.7 Å². The maximum absolute atomic E-state index is 13.3. The predicted octanol–water partition coefficient (Wildman–Crippen LogP) is 4.51. The lowest BCUT2D eigenvalue weighted by Crippen LogP contribution is -2.52. The Hall–Kier alpha value is -4.13. The Morgan fingerprint density at radius 1 is 1.00 bits per heavy atom. The fourth-order valence-corrected chi connectivity index (χ4v) is 5.58. The molecule has 0 radical (unpaired) electrons. The van der Waals surface area contributed by atoms with Crippen molar-refractivity contribution < 1.29 is 8.97 Å². The maximum atomic E-state index is 13.3. The summed E-state index contributed by atoms with van der Waals surface area (Å²) in [6, 6.07) is 25.8. The second kappa shape index (κ2) is 9.73. The number of amidine groups is 1. The molecule has 6 rings (SSSR count). The molecule has 2 heterocycles. The van der Waals surface area contributed by atoms with Gasteiger partial charge in [0.1, 0.15) is 23.7 Å². The highest BCUT2D eigenvalue weighted by Crippen LogP contribution is 2.32. The molecule has 0 saturated heterocycles. The Kier molecular flexibility index (Phi) is 6.12. The minimum absolute atomic E-state index is 0.226. The lowest BCUT2D eigenvalue weighted by Gasteiger charge is -2.28. The predicted molar refractivity (Wildman–Crippen MR) is 147 cm³/mol. The van der Waals surface area contributed by atoms with Crippen molar-refractivity contribution in [3.05, 3.63) is 102 Å². The van der Waals surface area contributed by atoms with Gasteiger partial charge in [0.25, 0.3) is 0 Å². The summed E-state index contributed by atoms with van der Waals surface area (Å²) in [4.78, 5) is 7.20. The standard InChI is InChI=1S/C30H31FN6/c1-36-19-25(28(32)37-27-9-5-8-26(27)35-30(36)37)29(34-24-6-3-2-4-7-24)33-18-20-10-12-21(13-11-20)22-14-16-23(31)17-15-22/h2-4,6-7,10-17,26-27H,5,8-9,18-19H2,1H3,(H3,32,33,34)/p+1/t26-,27+/m1/s1. The summed E-state index contributed by atoms with van der Waals surface area (Å²) in [7, 11) is 2.09. The average Bonchev–Trinajstić information content (AvgIpc) is 3.52. The van der Waals surface area contributed by atoms with E-state index in [9.17, 15) is 4.39 Å². The van der Waals surface area contributed by atoms with Gasteiger partial charge in [0.2, 0.25) is 5.84 Å². The fourth-order valence-electron chi connectivity index (χ4n) is 5.58. The Bertz CT molecular complexity index is 1380. The van der Waals surface area contributed by atoms with Gasteiger partial charge in [-0.1, -0.05) is 54.6 Å². The van der Waals surface area contributed by atoms with Crippen molar-refractivity contribution >= 4 is 17.5 Å². The third kappa shape index (κ3) is 4.57. The number of fused-ring (bicyclic) bond motifs is 3. The zero-order valence-corrected chi connectivity index (χ0v) is 21.0. The Balaban J connectivity index is 1.30. The van der Waals surface area contributed by atoms with Gasteiger partial charge in [0.05, 0.1) is 12.1 Å². The van der Waals surface area contributed by atoms with Crippen LogP contribution in [0.15, 0.2) is 95.2 Å². The molecule has 2 atom stereocenters. The molecule has 6 nitrogen and oxygen atoms in total. The number of benzene rings is 3. The normalized spacial score (nSPS) is 21.9. The number of nitrogens with one attached hydrogen (secondary N) is 2. The van der Waals surface area contributed by atoms with Gasteiger partial charge >= 0.3 is 5.96 Å². The van der Waals surface area contributed by atoms with Gasteiger partial charge in [0.15, 0.2) is 0 Å². The lowest BCUT2D eigenvalue weighted by atomic mass is 10.0. The monoisotopic (exact) mass is 495 g/mol. The van der Waals surface area contributed by atoms with E-state index in [1.807, 2.05) is 18.2 Å². The van der Waals surface area contributed by atoms with Crippen LogP contribution in [0, 0.1) is 5.82 Å². The summed E-state index contributed by atoms with van der Waals surface area (Å²) in [5, 5.41) is 7.23. The highest BCUT2D eigenvalue weighted by Gasteiger charge is 2.47. The molecule has 3 aromatic rings.